The minimum absolute atomic E-state index is 0.0779. The summed E-state index contributed by atoms with van der Waals surface area (Å²) in [5, 5.41) is 2.80. The van der Waals surface area contributed by atoms with Crippen LogP contribution in [-0.2, 0) is 17.8 Å². The van der Waals surface area contributed by atoms with Crippen LogP contribution in [0.5, 0.6) is 0 Å². The zero-order chi connectivity index (χ0) is 17.8. The summed E-state index contributed by atoms with van der Waals surface area (Å²) < 4.78 is 2.62. The zero-order valence-electron chi connectivity index (χ0n) is 14.0. The molecule has 6 nitrogen and oxygen atoms in total. The standard InChI is InChI=1S/C17H18N4O2S2/c1-3-11-5-7-12(8-6-11)19-13(22)9-21-10-18-15-14(16(21)23)25-17(20-15)24-4-2/h5-8,10H,3-4,9H2,1-2H3,(H,19,22). The number of fused-ring (bicyclic) bond motifs is 1. The van der Waals surface area contributed by atoms with Crippen molar-refractivity contribution in [1.82, 2.24) is 14.5 Å². The predicted molar refractivity (Wildman–Crippen MR) is 103 cm³/mol. The summed E-state index contributed by atoms with van der Waals surface area (Å²) in [4.78, 5) is 33.3. The van der Waals surface area contributed by atoms with E-state index in [1.807, 2.05) is 31.2 Å². The summed E-state index contributed by atoms with van der Waals surface area (Å²) in [7, 11) is 0. The number of anilines is 1. The molecule has 3 rings (SSSR count). The average molecular weight is 374 g/mol. The molecule has 0 aliphatic carbocycles. The molecule has 0 atom stereocenters. The molecule has 0 radical (unpaired) electrons. The summed E-state index contributed by atoms with van der Waals surface area (Å²) in [5.74, 6) is 0.618. The van der Waals surface area contributed by atoms with Gasteiger partial charge in [-0.3, -0.25) is 14.2 Å². The van der Waals surface area contributed by atoms with Crippen molar-refractivity contribution >= 4 is 45.0 Å². The van der Waals surface area contributed by atoms with Gasteiger partial charge in [0.05, 0.1) is 0 Å². The monoisotopic (exact) mass is 374 g/mol. The van der Waals surface area contributed by atoms with Crippen molar-refractivity contribution in [2.24, 2.45) is 0 Å². The van der Waals surface area contributed by atoms with E-state index in [1.54, 1.807) is 11.8 Å². The highest BCUT2D eigenvalue weighted by atomic mass is 32.2. The first-order valence-corrected chi connectivity index (χ1v) is 9.78. The molecule has 2 heterocycles. The minimum Gasteiger partial charge on any atom is -0.325 e. The third-order valence-corrected chi connectivity index (χ3v) is 5.65. The van der Waals surface area contributed by atoms with Gasteiger partial charge in [-0.05, 0) is 29.9 Å². The molecule has 1 N–H and O–H groups in total. The lowest BCUT2D eigenvalue weighted by Gasteiger charge is -2.07. The number of amides is 1. The molecule has 130 valence electrons. The molecular formula is C17H18N4O2S2. The number of carbonyl (C=O) groups excluding carboxylic acids is 1. The number of benzene rings is 1. The molecule has 1 amide bonds. The lowest BCUT2D eigenvalue weighted by atomic mass is 10.1. The molecule has 0 bridgehead atoms. The van der Waals surface area contributed by atoms with Crippen molar-refractivity contribution in [3.63, 3.8) is 0 Å². The first-order chi connectivity index (χ1) is 12.1. The van der Waals surface area contributed by atoms with Gasteiger partial charge in [0, 0.05) is 5.69 Å². The Morgan fingerprint density at radius 1 is 1.28 bits per heavy atom. The molecule has 0 aliphatic rings. The summed E-state index contributed by atoms with van der Waals surface area (Å²) in [6.07, 6.45) is 2.33. The second-order valence-corrected chi connectivity index (χ2v) is 7.85. The van der Waals surface area contributed by atoms with Gasteiger partial charge in [-0.2, -0.15) is 0 Å². The van der Waals surface area contributed by atoms with Crippen LogP contribution >= 0.6 is 23.1 Å². The molecule has 0 aliphatic heterocycles. The molecule has 25 heavy (non-hydrogen) atoms. The largest absolute Gasteiger partial charge is 0.325 e. The van der Waals surface area contributed by atoms with Crippen molar-refractivity contribution in [2.75, 3.05) is 11.1 Å². The number of aromatic nitrogens is 3. The quantitative estimate of drug-likeness (QED) is 0.671. The van der Waals surface area contributed by atoms with Crippen molar-refractivity contribution in [3.8, 4) is 0 Å². The summed E-state index contributed by atoms with van der Waals surface area (Å²) in [6, 6.07) is 7.66. The van der Waals surface area contributed by atoms with E-state index >= 15 is 0 Å². The highest BCUT2D eigenvalue weighted by Crippen LogP contribution is 2.25. The Balaban J connectivity index is 1.76. The summed E-state index contributed by atoms with van der Waals surface area (Å²) in [6.45, 7) is 4.03. The van der Waals surface area contributed by atoms with Gasteiger partial charge in [-0.25, -0.2) is 9.97 Å². The Morgan fingerprint density at radius 3 is 2.72 bits per heavy atom. The van der Waals surface area contributed by atoms with Crippen LogP contribution in [0, 0.1) is 0 Å². The topological polar surface area (TPSA) is 76.9 Å². The van der Waals surface area contributed by atoms with E-state index in [-0.39, 0.29) is 18.0 Å². The van der Waals surface area contributed by atoms with Crippen molar-refractivity contribution in [2.45, 2.75) is 31.2 Å². The first kappa shape index (κ1) is 17.6. The van der Waals surface area contributed by atoms with E-state index in [9.17, 15) is 9.59 Å². The molecule has 1 aromatic carbocycles. The Labute approximate surface area is 153 Å². The number of rotatable bonds is 6. The van der Waals surface area contributed by atoms with Crippen molar-refractivity contribution in [3.05, 3.63) is 46.5 Å². The fourth-order valence-corrected chi connectivity index (χ4v) is 4.24. The first-order valence-electron chi connectivity index (χ1n) is 7.98. The number of carbonyl (C=O) groups is 1. The van der Waals surface area contributed by atoms with E-state index in [1.165, 1.54) is 27.8 Å². The molecule has 0 fully saturated rings. The van der Waals surface area contributed by atoms with Crippen LogP contribution in [0.3, 0.4) is 0 Å². The van der Waals surface area contributed by atoms with E-state index in [4.69, 9.17) is 0 Å². The van der Waals surface area contributed by atoms with Crippen LogP contribution in [0.1, 0.15) is 19.4 Å². The number of thiazole rings is 1. The van der Waals surface area contributed by atoms with E-state index < -0.39 is 0 Å². The Morgan fingerprint density at radius 2 is 2.04 bits per heavy atom. The number of nitrogens with one attached hydrogen (secondary N) is 1. The average Bonchev–Trinajstić information content (AvgIpc) is 3.02. The molecule has 2 aromatic heterocycles. The second-order valence-electron chi connectivity index (χ2n) is 5.34. The number of aryl methyl sites for hydroxylation is 1. The maximum Gasteiger partial charge on any atom is 0.273 e. The fourth-order valence-electron chi connectivity index (χ4n) is 2.30. The number of thioether (sulfide) groups is 1. The van der Waals surface area contributed by atoms with Gasteiger partial charge in [-0.15, -0.1) is 11.3 Å². The molecule has 8 heteroatoms. The van der Waals surface area contributed by atoms with Gasteiger partial charge >= 0.3 is 0 Å². The number of hydrogen-bond donors (Lipinski definition) is 1. The van der Waals surface area contributed by atoms with Crippen LogP contribution in [0.15, 0.2) is 39.7 Å². The third kappa shape index (κ3) is 4.08. The number of hydrogen-bond acceptors (Lipinski definition) is 6. The van der Waals surface area contributed by atoms with Gasteiger partial charge in [-0.1, -0.05) is 37.7 Å². The lowest BCUT2D eigenvalue weighted by Crippen LogP contribution is -2.27. The van der Waals surface area contributed by atoms with Gasteiger partial charge < -0.3 is 5.32 Å². The molecule has 0 unspecified atom stereocenters. The van der Waals surface area contributed by atoms with E-state index in [0.29, 0.717) is 16.0 Å². The fraction of sp³-hybridized carbons (Fsp3) is 0.294. The molecule has 0 saturated heterocycles. The highest BCUT2D eigenvalue weighted by Gasteiger charge is 2.13. The maximum absolute atomic E-state index is 12.5. The van der Waals surface area contributed by atoms with Crippen LogP contribution in [0.2, 0.25) is 0 Å². The lowest BCUT2D eigenvalue weighted by molar-refractivity contribution is -0.116. The SMILES string of the molecule is CCSc1nc2ncn(CC(=O)Nc3ccc(CC)cc3)c(=O)c2s1. The highest BCUT2D eigenvalue weighted by molar-refractivity contribution is 8.01. The second kappa shape index (κ2) is 7.79. The third-order valence-electron chi connectivity index (χ3n) is 3.59. The number of nitrogens with zero attached hydrogens (tertiary/aromatic N) is 3. The van der Waals surface area contributed by atoms with Crippen LogP contribution < -0.4 is 10.9 Å². The Bertz CT molecular complexity index is 947. The molecule has 3 aromatic rings. The van der Waals surface area contributed by atoms with Gasteiger partial charge in [0.15, 0.2) is 9.99 Å². The molecular weight excluding hydrogens is 356 g/mol. The Hall–Kier alpha value is -2.19. The van der Waals surface area contributed by atoms with Crippen LogP contribution in [-0.4, -0.2) is 26.2 Å². The van der Waals surface area contributed by atoms with Crippen molar-refractivity contribution < 1.29 is 4.79 Å². The predicted octanol–water partition coefficient (Wildman–Crippen LogP) is 3.17. The minimum atomic E-state index is -0.264. The zero-order valence-corrected chi connectivity index (χ0v) is 15.6. The van der Waals surface area contributed by atoms with Gasteiger partial charge in [0.1, 0.15) is 17.6 Å². The van der Waals surface area contributed by atoms with Gasteiger partial charge in [0.2, 0.25) is 5.91 Å². The molecule has 0 saturated carbocycles. The maximum atomic E-state index is 12.5. The van der Waals surface area contributed by atoms with Crippen LogP contribution in [0.4, 0.5) is 5.69 Å². The van der Waals surface area contributed by atoms with Crippen LogP contribution in [0.25, 0.3) is 10.3 Å². The van der Waals surface area contributed by atoms with Crippen molar-refractivity contribution in [1.29, 1.82) is 0 Å². The van der Waals surface area contributed by atoms with Gasteiger partial charge in [0.25, 0.3) is 5.56 Å². The molecule has 0 spiro atoms. The van der Waals surface area contributed by atoms with E-state index in [2.05, 4.69) is 22.2 Å². The smallest absolute Gasteiger partial charge is 0.273 e. The van der Waals surface area contributed by atoms with E-state index in [0.717, 1.165) is 16.5 Å². The Kier molecular flexibility index (Phi) is 5.50. The normalized spacial score (nSPS) is 11.0. The summed E-state index contributed by atoms with van der Waals surface area (Å²) in [5.41, 5.74) is 2.12. The summed E-state index contributed by atoms with van der Waals surface area (Å²) >= 11 is 2.90.